The maximum Gasteiger partial charge on any atom is 0.259 e. The molecule has 1 aliphatic heterocycles. The van der Waals surface area contributed by atoms with Gasteiger partial charge < -0.3 is 20.1 Å². The normalized spacial score (nSPS) is 15.2. The molecule has 2 aromatic carbocycles. The first-order valence-corrected chi connectivity index (χ1v) is 7.93. The van der Waals surface area contributed by atoms with Crippen molar-refractivity contribution in [3.8, 4) is 11.5 Å². The topological polar surface area (TPSA) is 76.7 Å². The van der Waals surface area contributed by atoms with Gasteiger partial charge >= 0.3 is 0 Å². The van der Waals surface area contributed by atoms with Gasteiger partial charge in [0.2, 0.25) is 5.91 Å². The third-order valence-electron chi connectivity index (χ3n) is 4.04. The molecule has 0 aromatic heterocycles. The van der Waals surface area contributed by atoms with Crippen LogP contribution in [0.3, 0.4) is 0 Å². The fourth-order valence-corrected chi connectivity index (χ4v) is 2.48. The minimum atomic E-state index is -0.625. The largest absolute Gasteiger partial charge is 0.496 e. The van der Waals surface area contributed by atoms with Crippen molar-refractivity contribution in [2.45, 2.75) is 13.8 Å². The molecular formula is C19H20N2O4. The second-order valence-corrected chi connectivity index (χ2v) is 6.49. The van der Waals surface area contributed by atoms with Crippen LogP contribution in [0.25, 0.3) is 0 Å². The second-order valence-electron chi connectivity index (χ2n) is 6.49. The molecule has 2 aromatic rings. The van der Waals surface area contributed by atoms with E-state index in [1.54, 1.807) is 42.5 Å². The first-order chi connectivity index (χ1) is 11.9. The molecule has 0 aliphatic carbocycles. The van der Waals surface area contributed by atoms with Crippen LogP contribution in [-0.2, 0) is 4.79 Å². The van der Waals surface area contributed by atoms with Crippen molar-refractivity contribution in [1.29, 1.82) is 0 Å². The predicted octanol–water partition coefficient (Wildman–Crippen LogP) is 3.30. The standard InChI is InChI=1S/C19H20N2O4/c1-19(2)11-25-16-9-8-12(10-14(16)21-18(19)23)20-17(22)13-6-4-5-7-15(13)24-3/h4-10H,11H2,1-3H3,(H,20,22)(H,21,23). The van der Waals surface area contributed by atoms with Crippen LogP contribution in [-0.4, -0.2) is 25.5 Å². The molecule has 1 heterocycles. The molecule has 6 heteroatoms. The van der Waals surface area contributed by atoms with E-state index in [1.807, 2.05) is 13.8 Å². The van der Waals surface area contributed by atoms with Gasteiger partial charge in [-0.1, -0.05) is 12.1 Å². The van der Waals surface area contributed by atoms with Crippen molar-refractivity contribution in [1.82, 2.24) is 0 Å². The van der Waals surface area contributed by atoms with E-state index in [0.29, 0.717) is 35.0 Å². The van der Waals surface area contributed by atoms with E-state index < -0.39 is 5.41 Å². The molecule has 0 bridgehead atoms. The number of fused-ring (bicyclic) bond motifs is 1. The van der Waals surface area contributed by atoms with E-state index in [2.05, 4.69) is 10.6 Å². The molecular weight excluding hydrogens is 320 g/mol. The third-order valence-corrected chi connectivity index (χ3v) is 4.04. The highest BCUT2D eigenvalue weighted by atomic mass is 16.5. The Morgan fingerprint density at radius 1 is 1.24 bits per heavy atom. The number of methoxy groups -OCH3 is 1. The molecule has 0 saturated carbocycles. The molecule has 1 aliphatic rings. The number of rotatable bonds is 3. The Morgan fingerprint density at radius 3 is 2.76 bits per heavy atom. The molecule has 0 saturated heterocycles. The lowest BCUT2D eigenvalue weighted by atomic mass is 9.94. The van der Waals surface area contributed by atoms with Crippen LogP contribution in [0.5, 0.6) is 11.5 Å². The molecule has 0 unspecified atom stereocenters. The summed E-state index contributed by atoms with van der Waals surface area (Å²) in [5.74, 6) is 0.653. The number of para-hydroxylation sites is 1. The monoisotopic (exact) mass is 340 g/mol. The zero-order valence-corrected chi connectivity index (χ0v) is 14.4. The van der Waals surface area contributed by atoms with Crippen molar-refractivity contribution in [2.24, 2.45) is 5.41 Å². The minimum Gasteiger partial charge on any atom is -0.496 e. The number of anilines is 2. The Labute approximate surface area is 146 Å². The summed E-state index contributed by atoms with van der Waals surface area (Å²) in [5.41, 5.74) is 0.896. The summed E-state index contributed by atoms with van der Waals surface area (Å²) < 4.78 is 10.9. The van der Waals surface area contributed by atoms with Crippen LogP contribution in [0.1, 0.15) is 24.2 Å². The molecule has 130 valence electrons. The Balaban J connectivity index is 1.84. The molecule has 2 N–H and O–H groups in total. The van der Waals surface area contributed by atoms with Crippen LogP contribution >= 0.6 is 0 Å². The van der Waals surface area contributed by atoms with Crippen molar-refractivity contribution in [3.63, 3.8) is 0 Å². The van der Waals surface area contributed by atoms with Crippen molar-refractivity contribution in [3.05, 3.63) is 48.0 Å². The van der Waals surface area contributed by atoms with E-state index in [4.69, 9.17) is 9.47 Å². The number of amides is 2. The highest BCUT2D eigenvalue weighted by molar-refractivity contribution is 6.07. The third kappa shape index (κ3) is 3.42. The number of ether oxygens (including phenoxy) is 2. The Kier molecular flexibility index (Phi) is 4.35. The van der Waals surface area contributed by atoms with Crippen LogP contribution in [0.4, 0.5) is 11.4 Å². The number of hydrogen-bond acceptors (Lipinski definition) is 4. The number of nitrogens with one attached hydrogen (secondary N) is 2. The van der Waals surface area contributed by atoms with Crippen LogP contribution in [0.15, 0.2) is 42.5 Å². The smallest absolute Gasteiger partial charge is 0.259 e. The number of hydrogen-bond donors (Lipinski definition) is 2. The van der Waals surface area contributed by atoms with Gasteiger partial charge in [-0.2, -0.15) is 0 Å². The van der Waals surface area contributed by atoms with Crippen LogP contribution < -0.4 is 20.1 Å². The van der Waals surface area contributed by atoms with Gasteiger partial charge in [0, 0.05) is 5.69 Å². The van der Waals surface area contributed by atoms with Gasteiger partial charge in [0.25, 0.3) is 5.91 Å². The Hall–Kier alpha value is -3.02. The fourth-order valence-electron chi connectivity index (χ4n) is 2.48. The van der Waals surface area contributed by atoms with Crippen LogP contribution in [0.2, 0.25) is 0 Å². The first-order valence-electron chi connectivity index (χ1n) is 7.93. The van der Waals surface area contributed by atoms with E-state index in [-0.39, 0.29) is 11.8 Å². The number of carbonyl (C=O) groups excluding carboxylic acids is 2. The van der Waals surface area contributed by atoms with Crippen molar-refractivity contribution < 1.29 is 19.1 Å². The van der Waals surface area contributed by atoms with E-state index >= 15 is 0 Å². The second kappa shape index (κ2) is 6.47. The molecule has 0 radical (unpaired) electrons. The summed E-state index contributed by atoms with van der Waals surface area (Å²) in [6.07, 6.45) is 0. The molecule has 6 nitrogen and oxygen atoms in total. The Morgan fingerprint density at radius 2 is 2.00 bits per heavy atom. The lowest BCUT2D eigenvalue weighted by Crippen LogP contribution is -2.33. The molecule has 3 rings (SSSR count). The molecule has 0 fully saturated rings. The van der Waals surface area contributed by atoms with Gasteiger partial charge in [-0.3, -0.25) is 9.59 Å². The maximum absolute atomic E-state index is 12.5. The van der Waals surface area contributed by atoms with Gasteiger partial charge in [0.05, 0.1) is 23.8 Å². The summed E-state index contributed by atoms with van der Waals surface area (Å²) in [5, 5.41) is 5.66. The molecule has 0 spiro atoms. The van der Waals surface area contributed by atoms with Gasteiger partial charge in [-0.25, -0.2) is 0 Å². The SMILES string of the molecule is COc1ccccc1C(=O)Nc1ccc2c(c1)NC(=O)C(C)(C)CO2. The minimum absolute atomic E-state index is 0.126. The summed E-state index contributed by atoms with van der Waals surface area (Å²) in [4.78, 5) is 24.7. The summed E-state index contributed by atoms with van der Waals surface area (Å²) >= 11 is 0. The van der Waals surface area contributed by atoms with E-state index in [9.17, 15) is 9.59 Å². The summed E-state index contributed by atoms with van der Waals surface area (Å²) in [6.45, 7) is 3.93. The zero-order valence-electron chi connectivity index (χ0n) is 14.4. The summed E-state index contributed by atoms with van der Waals surface area (Å²) in [6, 6.07) is 12.1. The quantitative estimate of drug-likeness (QED) is 0.899. The first kappa shape index (κ1) is 16.8. The van der Waals surface area contributed by atoms with Gasteiger partial charge in [-0.15, -0.1) is 0 Å². The molecule has 25 heavy (non-hydrogen) atoms. The maximum atomic E-state index is 12.5. The zero-order chi connectivity index (χ0) is 18.0. The van der Waals surface area contributed by atoms with Crippen molar-refractivity contribution >= 4 is 23.2 Å². The number of carbonyl (C=O) groups is 2. The van der Waals surface area contributed by atoms with E-state index in [0.717, 1.165) is 0 Å². The molecule has 0 atom stereocenters. The lowest BCUT2D eigenvalue weighted by Gasteiger charge is -2.18. The van der Waals surface area contributed by atoms with Gasteiger partial charge in [0.1, 0.15) is 18.1 Å². The van der Waals surface area contributed by atoms with Gasteiger partial charge in [0.15, 0.2) is 0 Å². The summed E-state index contributed by atoms with van der Waals surface area (Å²) in [7, 11) is 1.52. The highest BCUT2D eigenvalue weighted by Gasteiger charge is 2.32. The Bertz CT molecular complexity index is 830. The highest BCUT2D eigenvalue weighted by Crippen LogP contribution is 2.34. The average molecular weight is 340 g/mol. The number of benzene rings is 2. The lowest BCUT2D eigenvalue weighted by molar-refractivity contribution is -0.124. The van der Waals surface area contributed by atoms with Crippen molar-refractivity contribution in [2.75, 3.05) is 24.4 Å². The van der Waals surface area contributed by atoms with Crippen LogP contribution in [0, 0.1) is 5.41 Å². The fraction of sp³-hybridized carbons (Fsp3) is 0.263. The van der Waals surface area contributed by atoms with E-state index in [1.165, 1.54) is 7.11 Å². The average Bonchev–Trinajstić information content (AvgIpc) is 2.71. The molecule has 2 amide bonds. The van der Waals surface area contributed by atoms with Gasteiger partial charge in [-0.05, 0) is 44.2 Å². The predicted molar refractivity (Wildman–Crippen MR) is 95.3 cm³/mol.